The van der Waals surface area contributed by atoms with E-state index in [9.17, 15) is 19.8 Å². The molecule has 6 rings (SSSR count). The van der Waals surface area contributed by atoms with Crippen molar-refractivity contribution in [1.82, 2.24) is 0 Å². The minimum Gasteiger partial charge on any atom is -0.504 e. The van der Waals surface area contributed by atoms with E-state index in [1.165, 1.54) is 17.2 Å². The number of rotatable bonds is 21. The second-order valence-electron chi connectivity index (χ2n) is 16.8. The second-order valence-corrected chi connectivity index (χ2v) is 16.8. The minimum atomic E-state index is -0.765. The first-order chi connectivity index (χ1) is 28.9. The molecule has 4 aromatic rings. The van der Waals surface area contributed by atoms with E-state index in [1.54, 1.807) is 38.9 Å². The molecule has 0 saturated heterocycles. The van der Waals surface area contributed by atoms with Crippen molar-refractivity contribution in [3.8, 4) is 0 Å². The highest BCUT2D eigenvalue weighted by molar-refractivity contribution is 6.08. The third-order valence-electron chi connectivity index (χ3n) is 11.6. The number of cyclic esters (lactones) is 1. The molecule has 4 unspecified atom stereocenters. The number of esters is 1. The third-order valence-corrected chi connectivity index (χ3v) is 11.6. The Morgan fingerprint density at radius 1 is 0.850 bits per heavy atom. The van der Waals surface area contributed by atoms with Crippen LogP contribution in [0.1, 0.15) is 138 Å². The molecule has 0 bridgehead atoms. The third kappa shape index (κ3) is 11.6. The SMILES string of the molecule is CC1=CC(=O)/C(=C\C(C)CCC/C(C)=C/CCc2coc(C(c3ccoc3)c3oc(Cc4ccoc4)cc3CC/C=C(\C)CCCC(C)/C=C3/OC(=O)C(C)=C3O)c2)C1O. The summed E-state index contributed by atoms with van der Waals surface area (Å²) in [4.78, 5) is 24.0. The van der Waals surface area contributed by atoms with Crippen molar-refractivity contribution < 1.29 is 42.2 Å². The van der Waals surface area contributed by atoms with Gasteiger partial charge in [0.05, 0.1) is 36.9 Å². The van der Waals surface area contributed by atoms with Crippen LogP contribution < -0.4 is 0 Å². The van der Waals surface area contributed by atoms with Gasteiger partial charge in [0.25, 0.3) is 0 Å². The van der Waals surface area contributed by atoms with Crippen LogP contribution in [0.4, 0.5) is 0 Å². The van der Waals surface area contributed by atoms with Crippen LogP contribution in [0.5, 0.6) is 0 Å². The van der Waals surface area contributed by atoms with Gasteiger partial charge in [0.15, 0.2) is 17.3 Å². The lowest BCUT2D eigenvalue weighted by Crippen LogP contribution is -2.11. The summed E-state index contributed by atoms with van der Waals surface area (Å²) in [5.41, 5.74) is 8.38. The molecular weight excluding hydrogens is 757 g/mol. The molecule has 0 aromatic carbocycles. The van der Waals surface area contributed by atoms with E-state index in [4.69, 9.17) is 22.4 Å². The summed E-state index contributed by atoms with van der Waals surface area (Å²) < 4.78 is 29.2. The number of ketones is 1. The number of allylic oxidation sites excluding steroid dienone is 7. The predicted octanol–water partition coefficient (Wildman–Crippen LogP) is 12.3. The van der Waals surface area contributed by atoms with Crippen molar-refractivity contribution in [3.05, 3.63) is 165 Å². The van der Waals surface area contributed by atoms with Gasteiger partial charge >= 0.3 is 5.97 Å². The largest absolute Gasteiger partial charge is 0.504 e. The van der Waals surface area contributed by atoms with Gasteiger partial charge < -0.3 is 32.6 Å². The minimum absolute atomic E-state index is 0.0602. The van der Waals surface area contributed by atoms with E-state index in [1.807, 2.05) is 30.5 Å². The van der Waals surface area contributed by atoms with Crippen LogP contribution in [-0.2, 0) is 33.6 Å². The molecule has 0 spiro atoms. The van der Waals surface area contributed by atoms with Crippen molar-refractivity contribution >= 4 is 11.8 Å². The molecule has 0 saturated carbocycles. The van der Waals surface area contributed by atoms with E-state index in [0.717, 1.165) is 104 Å². The molecule has 1 aliphatic carbocycles. The highest BCUT2D eigenvalue weighted by atomic mass is 16.6. The highest BCUT2D eigenvalue weighted by Gasteiger charge is 2.30. The highest BCUT2D eigenvalue weighted by Crippen LogP contribution is 2.38. The number of aryl methyl sites for hydroxylation is 2. The maximum atomic E-state index is 12.2. The summed E-state index contributed by atoms with van der Waals surface area (Å²) in [6, 6.07) is 8.24. The molecular formula is C51H60O9. The summed E-state index contributed by atoms with van der Waals surface area (Å²) in [5, 5.41) is 20.5. The fourth-order valence-corrected chi connectivity index (χ4v) is 8.03. The van der Waals surface area contributed by atoms with Crippen LogP contribution in [-0.4, -0.2) is 28.1 Å². The fourth-order valence-electron chi connectivity index (χ4n) is 8.03. The molecule has 318 valence electrons. The summed E-state index contributed by atoms with van der Waals surface area (Å²) in [5.74, 6) is 2.25. The van der Waals surface area contributed by atoms with Crippen LogP contribution in [0.25, 0.3) is 0 Å². The zero-order chi connectivity index (χ0) is 42.8. The molecule has 0 amide bonds. The van der Waals surface area contributed by atoms with Crippen molar-refractivity contribution in [2.24, 2.45) is 11.8 Å². The Bertz CT molecular complexity index is 2260. The monoisotopic (exact) mass is 816 g/mol. The Labute approximate surface area is 353 Å². The number of hydrogen-bond donors (Lipinski definition) is 2. The number of furan rings is 4. The number of aliphatic hydroxyl groups is 2. The van der Waals surface area contributed by atoms with Crippen LogP contribution >= 0.6 is 0 Å². The maximum Gasteiger partial charge on any atom is 0.343 e. The molecule has 4 atom stereocenters. The summed E-state index contributed by atoms with van der Waals surface area (Å²) >= 11 is 0. The summed E-state index contributed by atoms with van der Waals surface area (Å²) in [6.45, 7) is 11.9. The molecule has 0 radical (unpaired) electrons. The Morgan fingerprint density at radius 2 is 1.53 bits per heavy atom. The Kier molecular flexibility index (Phi) is 15.1. The van der Waals surface area contributed by atoms with E-state index < -0.39 is 12.1 Å². The molecule has 4 aromatic heterocycles. The molecule has 0 fully saturated rings. The van der Waals surface area contributed by atoms with E-state index >= 15 is 0 Å². The molecule has 60 heavy (non-hydrogen) atoms. The zero-order valence-electron chi connectivity index (χ0n) is 35.9. The van der Waals surface area contributed by atoms with E-state index in [0.29, 0.717) is 17.6 Å². The van der Waals surface area contributed by atoms with Gasteiger partial charge in [-0.3, -0.25) is 4.79 Å². The average molecular weight is 817 g/mol. The molecule has 2 aliphatic rings. The molecule has 1 aliphatic heterocycles. The first-order valence-electron chi connectivity index (χ1n) is 21.4. The predicted molar refractivity (Wildman–Crippen MR) is 231 cm³/mol. The molecule has 2 N–H and O–H groups in total. The average Bonchev–Trinajstić information content (AvgIpc) is 4.09. The van der Waals surface area contributed by atoms with Crippen LogP contribution in [0, 0.1) is 11.8 Å². The summed E-state index contributed by atoms with van der Waals surface area (Å²) in [7, 11) is 0. The second kappa shape index (κ2) is 20.6. The first-order valence-corrected chi connectivity index (χ1v) is 21.4. The number of ether oxygens (including phenoxy) is 1. The van der Waals surface area contributed by atoms with Gasteiger partial charge in [-0.2, -0.15) is 0 Å². The van der Waals surface area contributed by atoms with Crippen molar-refractivity contribution in [3.63, 3.8) is 0 Å². The van der Waals surface area contributed by atoms with Gasteiger partial charge in [-0.1, -0.05) is 43.2 Å². The van der Waals surface area contributed by atoms with Gasteiger partial charge in [-0.05, 0) is 162 Å². The molecule has 9 heteroatoms. The Hall–Kier alpha value is -5.54. The van der Waals surface area contributed by atoms with Gasteiger partial charge in [-0.15, -0.1) is 0 Å². The van der Waals surface area contributed by atoms with Crippen LogP contribution in [0.3, 0.4) is 0 Å². The lowest BCUT2D eigenvalue weighted by Gasteiger charge is -2.13. The molecule has 5 heterocycles. The van der Waals surface area contributed by atoms with E-state index in [2.05, 4.69) is 52.0 Å². The van der Waals surface area contributed by atoms with Crippen molar-refractivity contribution in [2.45, 2.75) is 124 Å². The fraction of sp³-hybridized carbons (Fsp3) is 0.412. The smallest absolute Gasteiger partial charge is 0.343 e. The number of carbonyl (C=O) groups is 2. The quantitative estimate of drug-likeness (QED) is 0.0478. The number of hydrogen-bond acceptors (Lipinski definition) is 9. The maximum absolute atomic E-state index is 12.2. The van der Waals surface area contributed by atoms with Gasteiger partial charge in [0.2, 0.25) is 0 Å². The van der Waals surface area contributed by atoms with Gasteiger partial charge in [0.1, 0.15) is 29.3 Å². The van der Waals surface area contributed by atoms with Gasteiger partial charge in [-0.25, -0.2) is 4.79 Å². The lowest BCUT2D eigenvalue weighted by atomic mass is 9.91. The van der Waals surface area contributed by atoms with Crippen LogP contribution in [0.15, 0.2) is 143 Å². The summed E-state index contributed by atoms with van der Waals surface area (Å²) in [6.07, 6.45) is 27.7. The normalized spacial score (nSPS) is 19.2. The van der Waals surface area contributed by atoms with Crippen molar-refractivity contribution in [2.75, 3.05) is 0 Å². The Balaban J connectivity index is 1.07. The Morgan fingerprint density at radius 3 is 2.15 bits per heavy atom. The standard InChI is InChI=1S/C51H60O9/c1-32(11-7-15-34(3)23-43-44(52)25-36(5)48(43)53)13-9-17-38-27-45(58-30-38)47(41-20-22-57-31-41)50-40(28-42(59-50)26-39-19-21-56-29-39)18-10-14-33(2)12-8-16-35(4)24-46-49(54)37(6)51(55)60-46/h13-14,19-25,27-31,34-35,47-48,53-54H,7-12,15-18,26H2,1-6H3/b32-13+,33-14+,43-23+,46-24+. The lowest BCUT2D eigenvalue weighted by molar-refractivity contribution is -0.133. The number of carbonyl (C=O) groups excluding carboxylic acids is 2. The van der Waals surface area contributed by atoms with Crippen molar-refractivity contribution in [1.29, 1.82) is 0 Å². The zero-order valence-corrected chi connectivity index (χ0v) is 35.9. The number of aliphatic hydroxyl groups excluding tert-OH is 2. The van der Waals surface area contributed by atoms with Gasteiger partial charge in [0, 0.05) is 17.6 Å². The van der Waals surface area contributed by atoms with E-state index in [-0.39, 0.29) is 40.6 Å². The molecule has 9 nitrogen and oxygen atoms in total. The topological polar surface area (TPSA) is 136 Å². The van der Waals surface area contributed by atoms with Crippen LogP contribution in [0.2, 0.25) is 0 Å². The first kappa shape index (κ1) is 44.0.